The Labute approximate surface area is 125 Å². The molecule has 120 valence electrons. The topological polar surface area (TPSA) is 61.4 Å². The maximum Gasteiger partial charge on any atom is 0.416 e. The lowest BCUT2D eigenvalue weighted by atomic mass is 9.96. The van der Waals surface area contributed by atoms with Gasteiger partial charge in [-0.2, -0.15) is 13.2 Å². The molecule has 2 rings (SSSR count). The van der Waals surface area contributed by atoms with Gasteiger partial charge in [0.1, 0.15) is 6.04 Å². The van der Waals surface area contributed by atoms with Gasteiger partial charge in [-0.05, 0) is 18.6 Å². The number of hydrogen-bond acceptors (Lipinski definition) is 2. The van der Waals surface area contributed by atoms with Crippen molar-refractivity contribution in [2.75, 3.05) is 19.6 Å². The lowest BCUT2D eigenvalue weighted by Crippen LogP contribution is -2.55. The number of halogens is 3. The molecule has 3 amide bonds. The fraction of sp³-hybridized carbons (Fsp3) is 0.429. The Bertz CT molecular complexity index is 575. The molecular weight excluding hydrogens is 299 g/mol. The highest BCUT2D eigenvalue weighted by Gasteiger charge is 2.41. The van der Waals surface area contributed by atoms with Crippen molar-refractivity contribution in [1.29, 1.82) is 0 Å². The van der Waals surface area contributed by atoms with E-state index in [0.717, 1.165) is 11.0 Å². The molecule has 0 spiro atoms. The van der Waals surface area contributed by atoms with Gasteiger partial charge in [-0.1, -0.05) is 18.2 Å². The summed E-state index contributed by atoms with van der Waals surface area (Å²) in [4.78, 5) is 25.3. The molecule has 1 saturated heterocycles. The summed E-state index contributed by atoms with van der Waals surface area (Å²) < 4.78 is 39.5. The highest BCUT2D eigenvalue weighted by Crippen LogP contribution is 2.36. The van der Waals surface area contributed by atoms with E-state index in [1.54, 1.807) is 6.92 Å². The van der Waals surface area contributed by atoms with E-state index < -0.39 is 29.7 Å². The van der Waals surface area contributed by atoms with Crippen molar-refractivity contribution in [3.8, 4) is 0 Å². The van der Waals surface area contributed by atoms with Gasteiger partial charge in [0, 0.05) is 19.6 Å². The molecule has 8 heteroatoms. The van der Waals surface area contributed by atoms with Crippen LogP contribution in [0.4, 0.5) is 18.0 Å². The van der Waals surface area contributed by atoms with E-state index in [1.807, 2.05) is 0 Å². The zero-order valence-electron chi connectivity index (χ0n) is 11.9. The minimum absolute atomic E-state index is 0.147. The minimum atomic E-state index is -4.60. The summed E-state index contributed by atoms with van der Waals surface area (Å²) in [6, 6.07) is 2.96. The minimum Gasteiger partial charge on any atom is -0.352 e. The number of carbonyl (C=O) groups excluding carboxylic acids is 2. The van der Waals surface area contributed by atoms with Gasteiger partial charge >= 0.3 is 12.2 Å². The normalized spacial score (nSPS) is 18.8. The first-order valence-corrected chi connectivity index (χ1v) is 6.84. The number of piperazine rings is 1. The summed E-state index contributed by atoms with van der Waals surface area (Å²) in [6.45, 7) is 2.38. The number of nitrogens with zero attached hydrogens (tertiary/aromatic N) is 1. The Kier molecular flexibility index (Phi) is 4.58. The first-order chi connectivity index (χ1) is 10.4. The Morgan fingerprint density at radius 2 is 2.09 bits per heavy atom. The number of rotatable bonds is 2. The molecular formula is C14H16F3N3O2. The van der Waals surface area contributed by atoms with Gasteiger partial charge in [0.25, 0.3) is 0 Å². The van der Waals surface area contributed by atoms with Crippen LogP contribution in [0.5, 0.6) is 0 Å². The van der Waals surface area contributed by atoms with Crippen molar-refractivity contribution in [3.63, 3.8) is 0 Å². The molecule has 1 fully saturated rings. The van der Waals surface area contributed by atoms with Crippen molar-refractivity contribution in [2.45, 2.75) is 19.1 Å². The zero-order chi connectivity index (χ0) is 16.3. The summed E-state index contributed by atoms with van der Waals surface area (Å²) >= 11 is 0. The molecule has 0 bridgehead atoms. The standard InChI is InChI=1S/C14H16F3N3O2/c1-2-18-13(22)20-8-7-19-12(21)11(20)9-5-3-4-6-10(9)14(15,16)17/h3-6,11H,2,7-8H2,1H3,(H,18,22)(H,19,21). The Hall–Kier alpha value is -2.25. The first-order valence-electron chi connectivity index (χ1n) is 6.84. The Morgan fingerprint density at radius 1 is 1.41 bits per heavy atom. The molecule has 1 unspecified atom stereocenters. The number of urea groups is 1. The number of alkyl halides is 3. The van der Waals surface area contributed by atoms with Gasteiger partial charge in [-0.15, -0.1) is 0 Å². The third kappa shape index (κ3) is 3.15. The Balaban J connectivity index is 2.46. The molecule has 0 aliphatic carbocycles. The lowest BCUT2D eigenvalue weighted by molar-refractivity contribution is -0.139. The molecule has 2 N–H and O–H groups in total. The van der Waals surface area contributed by atoms with E-state index in [2.05, 4.69) is 10.6 Å². The van der Waals surface area contributed by atoms with E-state index in [1.165, 1.54) is 18.2 Å². The predicted octanol–water partition coefficient (Wildman–Crippen LogP) is 1.91. The van der Waals surface area contributed by atoms with Gasteiger partial charge in [-0.3, -0.25) is 4.79 Å². The second kappa shape index (κ2) is 6.25. The van der Waals surface area contributed by atoms with Crippen LogP contribution in [0.2, 0.25) is 0 Å². The third-order valence-corrected chi connectivity index (χ3v) is 3.36. The van der Waals surface area contributed by atoms with Crippen LogP contribution in [0.1, 0.15) is 24.1 Å². The number of nitrogens with one attached hydrogen (secondary N) is 2. The number of hydrogen-bond donors (Lipinski definition) is 2. The van der Waals surface area contributed by atoms with Crippen molar-refractivity contribution < 1.29 is 22.8 Å². The molecule has 1 heterocycles. The third-order valence-electron chi connectivity index (χ3n) is 3.36. The molecule has 0 aromatic heterocycles. The van der Waals surface area contributed by atoms with Crippen LogP contribution in [0.25, 0.3) is 0 Å². The van der Waals surface area contributed by atoms with Gasteiger partial charge < -0.3 is 15.5 Å². The molecule has 1 atom stereocenters. The maximum atomic E-state index is 13.2. The van der Waals surface area contributed by atoms with Crippen LogP contribution >= 0.6 is 0 Å². The number of carbonyl (C=O) groups is 2. The first kappa shape index (κ1) is 16.1. The van der Waals surface area contributed by atoms with Crippen molar-refractivity contribution in [3.05, 3.63) is 35.4 Å². The summed E-state index contributed by atoms with van der Waals surface area (Å²) in [6.07, 6.45) is -4.60. The smallest absolute Gasteiger partial charge is 0.352 e. The fourth-order valence-electron chi connectivity index (χ4n) is 2.44. The highest BCUT2D eigenvalue weighted by atomic mass is 19.4. The molecule has 0 saturated carbocycles. The maximum absolute atomic E-state index is 13.2. The largest absolute Gasteiger partial charge is 0.416 e. The van der Waals surface area contributed by atoms with Crippen LogP contribution in [-0.2, 0) is 11.0 Å². The average Bonchev–Trinajstić information content (AvgIpc) is 2.46. The van der Waals surface area contributed by atoms with Gasteiger partial charge in [-0.25, -0.2) is 4.79 Å². The van der Waals surface area contributed by atoms with Crippen LogP contribution < -0.4 is 10.6 Å². The van der Waals surface area contributed by atoms with E-state index in [4.69, 9.17) is 0 Å². The van der Waals surface area contributed by atoms with E-state index in [0.29, 0.717) is 6.54 Å². The quantitative estimate of drug-likeness (QED) is 0.876. The zero-order valence-corrected chi connectivity index (χ0v) is 11.9. The van der Waals surface area contributed by atoms with Crippen LogP contribution in [0, 0.1) is 0 Å². The van der Waals surface area contributed by atoms with E-state index in [-0.39, 0.29) is 18.7 Å². The van der Waals surface area contributed by atoms with Crippen molar-refractivity contribution in [2.24, 2.45) is 0 Å². The monoisotopic (exact) mass is 315 g/mol. The van der Waals surface area contributed by atoms with Crippen LogP contribution in [0.3, 0.4) is 0 Å². The van der Waals surface area contributed by atoms with Crippen molar-refractivity contribution >= 4 is 11.9 Å². The SMILES string of the molecule is CCNC(=O)N1CCNC(=O)C1c1ccccc1C(F)(F)F. The average molecular weight is 315 g/mol. The van der Waals surface area contributed by atoms with Gasteiger partial charge in [0.15, 0.2) is 0 Å². The van der Waals surface area contributed by atoms with Crippen LogP contribution in [0.15, 0.2) is 24.3 Å². The molecule has 0 radical (unpaired) electrons. The molecule has 1 aliphatic heterocycles. The number of amides is 3. The fourth-order valence-corrected chi connectivity index (χ4v) is 2.44. The summed E-state index contributed by atoms with van der Waals surface area (Å²) in [5.41, 5.74) is -1.13. The summed E-state index contributed by atoms with van der Waals surface area (Å²) in [7, 11) is 0. The van der Waals surface area contributed by atoms with Crippen molar-refractivity contribution in [1.82, 2.24) is 15.5 Å². The predicted molar refractivity (Wildman–Crippen MR) is 73.0 cm³/mol. The summed E-state index contributed by atoms with van der Waals surface area (Å²) in [5, 5.41) is 5.03. The molecule has 1 aromatic carbocycles. The van der Waals surface area contributed by atoms with Gasteiger partial charge in [0.05, 0.1) is 5.56 Å². The molecule has 1 aromatic rings. The molecule has 5 nitrogen and oxygen atoms in total. The second-order valence-corrected chi connectivity index (χ2v) is 4.81. The van der Waals surface area contributed by atoms with E-state index >= 15 is 0 Å². The summed E-state index contributed by atoms with van der Waals surface area (Å²) in [5.74, 6) is -0.616. The van der Waals surface area contributed by atoms with E-state index in [9.17, 15) is 22.8 Å². The Morgan fingerprint density at radius 3 is 2.73 bits per heavy atom. The van der Waals surface area contributed by atoms with Crippen LogP contribution in [-0.4, -0.2) is 36.5 Å². The number of benzene rings is 1. The molecule has 1 aliphatic rings. The highest BCUT2D eigenvalue weighted by molar-refractivity contribution is 5.89. The second-order valence-electron chi connectivity index (χ2n) is 4.81. The molecule has 22 heavy (non-hydrogen) atoms. The van der Waals surface area contributed by atoms with Gasteiger partial charge in [0.2, 0.25) is 5.91 Å². The lowest BCUT2D eigenvalue weighted by Gasteiger charge is -2.36.